The van der Waals surface area contributed by atoms with E-state index in [4.69, 9.17) is 10.5 Å². The van der Waals surface area contributed by atoms with Crippen molar-refractivity contribution in [2.45, 2.75) is 31.8 Å². The van der Waals surface area contributed by atoms with Crippen molar-refractivity contribution in [2.24, 2.45) is 11.7 Å². The molecule has 0 spiro atoms. The van der Waals surface area contributed by atoms with Crippen LogP contribution >= 0.6 is 24.8 Å². The molecule has 0 bridgehead atoms. The lowest BCUT2D eigenvalue weighted by atomic mass is 9.92. The summed E-state index contributed by atoms with van der Waals surface area (Å²) in [6.45, 7) is 4.16. The summed E-state index contributed by atoms with van der Waals surface area (Å²) in [5, 5.41) is 2.91. The van der Waals surface area contributed by atoms with E-state index >= 15 is 0 Å². The van der Waals surface area contributed by atoms with Crippen molar-refractivity contribution in [3.63, 3.8) is 0 Å². The van der Waals surface area contributed by atoms with Gasteiger partial charge < -0.3 is 20.7 Å². The molecular weight excluding hydrogens is 289 g/mol. The molecular formula is C12H27Cl2N3O2. The van der Waals surface area contributed by atoms with Crippen LogP contribution in [0.15, 0.2) is 0 Å². The number of likely N-dealkylation sites (N-methyl/N-ethyl adjacent to an activating group) is 1. The van der Waals surface area contributed by atoms with Gasteiger partial charge in [-0.2, -0.15) is 0 Å². The first kappa shape index (κ1) is 21.2. The van der Waals surface area contributed by atoms with Crippen LogP contribution in [0, 0.1) is 5.92 Å². The molecule has 0 saturated carbocycles. The Kier molecular flexibility index (Phi) is 11.9. The Morgan fingerprint density at radius 2 is 1.89 bits per heavy atom. The van der Waals surface area contributed by atoms with Crippen LogP contribution in [0.1, 0.15) is 19.8 Å². The number of hydrogen-bond donors (Lipinski definition) is 2. The Balaban J connectivity index is 0. The molecule has 0 aromatic heterocycles. The fourth-order valence-electron chi connectivity index (χ4n) is 1.84. The zero-order valence-corrected chi connectivity index (χ0v) is 13.6. The minimum atomic E-state index is -0.395. The first-order valence-corrected chi connectivity index (χ1v) is 6.30. The summed E-state index contributed by atoms with van der Waals surface area (Å²) in [4.78, 5) is 13.9. The molecule has 19 heavy (non-hydrogen) atoms. The number of amides is 1. The summed E-state index contributed by atoms with van der Waals surface area (Å²) in [5.41, 5.74) is 5.97. The molecule has 2 unspecified atom stereocenters. The number of carbonyl (C=O) groups is 1. The second-order valence-electron chi connectivity index (χ2n) is 5.03. The highest BCUT2D eigenvalue weighted by Crippen LogP contribution is 2.17. The predicted molar refractivity (Wildman–Crippen MR) is 82.2 cm³/mol. The highest BCUT2D eigenvalue weighted by Gasteiger charge is 2.26. The molecule has 1 fully saturated rings. The highest BCUT2D eigenvalue weighted by atomic mass is 35.5. The Morgan fingerprint density at radius 3 is 2.37 bits per heavy atom. The summed E-state index contributed by atoms with van der Waals surface area (Å²) in [5.74, 6) is 0.226. The van der Waals surface area contributed by atoms with Crippen molar-refractivity contribution in [3.8, 4) is 0 Å². The van der Waals surface area contributed by atoms with Crippen LogP contribution in [0.5, 0.6) is 0 Å². The van der Waals surface area contributed by atoms with Gasteiger partial charge in [-0.25, -0.2) is 0 Å². The summed E-state index contributed by atoms with van der Waals surface area (Å²) in [6, 6.07) is -0.0749. The average molecular weight is 316 g/mol. The maximum atomic E-state index is 11.9. The Bertz CT molecular complexity index is 249. The van der Waals surface area contributed by atoms with Gasteiger partial charge in [-0.05, 0) is 39.8 Å². The molecule has 1 heterocycles. The Labute approximate surface area is 128 Å². The van der Waals surface area contributed by atoms with E-state index in [2.05, 4.69) is 17.1 Å². The van der Waals surface area contributed by atoms with Crippen molar-refractivity contribution in [1.29, 1.82) is 0 Å². The quantitative estimate of drug-likeness (QED) is 0.781. The number of halogens is 2. The van der Waals surface area contributed by atoms with Gasteiger partial charge in [0.05, 0.1) is 6.04 Å². The third kappa shape index (κ3) is 7.32. The van der Waals surface area contributed by atoms with Crippen LogP contribution in [-0.2, 0) is 9.53 Å². The number of nitrogens with one attached hydrogen (secondary N) is 1. The zero-order chi connectivity index (χ0) is 12.8. The number of ether oxygens (including phenoxy) is 1. The van der Waals surface area contributed by atoms with Gasteiger partial charge in [0.2, 0.25) is 5.91 Å². The van der Waals surface area contributed by atoms with Crippen LogP contribution in [0.2, 0.25) is 0 Å². The molecule has 0 radical (unpaired) electrons. The SMILES string of the molecule is CC(CNC(=O)C(N)C1CCOCC1)N(C)C.Cl.Cl. The van der Waals surface area contributed by atoms with Gasteiger partial charge in [0.15, 0.2) is 0 Å². The molecule has 3 N–H and O–H groups in total. The number of hydrogen-bond acceptors (Lipinski definition) is 4. The molecule has 1 aliphatic rings. The summed E-state index contributed by atoms with van der Waals surface area (Å²) >= 11 is 0. The number of carbonyl (C=O) groups excluding carboxylic acids is 1. The summed E-state index contributed by atoms with van der Waals surface area (Å²) < 4.78 is 5.27. The minimum Gasteiger partial charge on any atom is -0.381 e. The van der Waals surface area contributed by atoms with Crippen LogP contribution < -0.4 is 11.1 Å². The van der Waals surface area contributed by atoms with Gasteiger partial charge in [-0.15, -0.1) is 24.8 Å². The van der Waals surface area contributed by atoms with Gasteiger partial charge in [0.1, 0.15) is 0 Å². The van der Waals surface area contributed by atoms with E-state index in [-0.39, 0.29) is 36.6 Å². The Morgan fingerprint density at radius 1 is 1.37 bits per heavy atom. The third-order valence-corrected chi connectivity index (χ3v) is 3.53. The molecule has 0 aromatic rings. The van der Waals surface area contributed by atoms with E-state index in [1.165, 1.54) is 0 Å². The number of nitrogens with zero attached hydrogens (tertiary/aromatic N) is 1. The first-order valence-electron chi connectivity index (χ1n) is 6.30. The lowest BCUT2D eigenvalue weighted by Crippen LogP contribution is -2.49. The van der Waals surface area contributed by atoms with Crippen molar-refractivity contribution in [3.05, 3.63) is 0 Å². The molecule has 5 nitrogen and oxygen atoms in total. The Hall–Kier alpha value is -0.0700. The number of nitrogens with two attached hydrogens (primary N) is 1. The van der Waals surface area contributed by atoms with E-state index in [1.54, 1.807) is 0 Å². The van der Waals surface area contributed by atoms with Crippen LogP contribution in [0.3, 0.4) is 0 Å². The zero-order valence-electron chi connectivity index (χ0n) is 11.9. The topological polar surface area (TPSA) is 67.6 Å². The lowest BCUT2D eigenvalue weighted by molar-refractivity contribution is -0.124. The normalized spacial score (nSPS) is 19.0. The summed E-state index contributed by atoms with van der Waals surface area (Å²) in [7, 11) is 3.99. The second kappa shape index (κ2) is 10.7. The molecule has 7 heteroatoms. The van der Waals surface area contributed by atoms with Crippen LogP contribution in [0.4, 0.5) is 0 Å². The molecule has 2 atom stereocenters. The minimum absolute atomic E-state index is 0. The maximum absolute atomic E-state index is 11.9. The van der Waals surface area contributed by atoms with E-state index in [9.17, 15) is 4.79 Å². The molecule has 116 valence electrons. The highest BCUT2D eigenvalue weighted by molar-refractivity contribution is 5.85. The summed E-state index contributed by atoms with van der Waals surface area (Å²) in [6.07, 6.45) is 1.77. The van der Waals surface area contributed by atoms with Crippen LogP contribution in [-0.4, -0.2) is 56.7 Å². The van der Waals surface area contributed by atoms with Gasteiger partial charge in [-0.3, -0.25) is 4.79 Å². The van der Waals surface area contributed by atoms with Crippen molar-refractivity contribution < 1.29 is 9.53 Å². The molecule has 1 saturated heterocycles. The van der Waals surface area contributed by atoms with E-state index in [0.29, 0.717) is 12.6 Å². The van der Waals surface area contributed by atoms with Crippen molar-refractivity contribution in [2.75, 3.05) is 33.9 Å². The van der Waals surface area contributed by atoms with E-state index in [1.807, 2.05) is 14.1 Å². The fourth-order valence-corrected chi connectivity index (χ4v) is 1.84. The largest absolute Gasteiger partial charge is 0.381 e. The van der Waals surface area contributed by atoms with Gasteiger partial charge >= 0.3 is 0 Å². The molecule has 0 aliphatic carbocycles. The smallest absolute Gasteiger partial charge is 0.237 e. The molecule has 1 rings (SSSR count). The van der Waals surface area contributed by atoms with Crippen LogP contribution in [0.25, 0.3) is 0 Å². The monoisotopic (exact) mass is 315 g/mol. The molecule has 1 amide bonds. The fraction of sp³-hybridized carbons (Fsp3) is 0.917. The standard InChI is InChI=1S/C12H25N3O2.2ClH/c1-9(15(2)3)8-14-12(16)11(13)10-4-6-17-7-5-10;;/h9-11H,4-8,13H2,1-3H3,(H,14,16);2*1H. The molecule has 1 aliphatic heterocycles. The number of rotatable bonds is 5. The van der Waals surface area contributed by atoms with Crippen molar-refractivity contribution >= 4 is 30.7 Å². The van der Waals surface area contributed by atoms with Crippen molar-refractivity contribution in [1.82, 2.24) is 10.2 Å². The van der Waals surface area contributed by atoms with Gasteiger partial charge in [0, 0.05) is 25.8 Å². The first-order chi connectivity index (χ1) is 8.02. The lowest BCUT2D eigenvalue weighted by Gasteiger charge is -2.27. The second-order valence-corrected chi connectivity index (χ2v) is 5.03. The predicted octanol–water partition coefficient (Wildman–Crippen LogP) is 0.650. The average Bonchev–Trinajstić information content (AvgIpc) is 2.35. The van der Waals surface area contributed by atoms with Gasteiger partial charge in [-0.1, -0.05) is 0 Å². The molecule has 0 aromatic carbocycles. The van der Waals surface area contributed by atoms with Gasteiger partial charge in [0.25, 0.3) is 0 Å². The van der Waals surface area contributed by atoms with E-state index in [0.717, 1.165) is 26.1 Å². The third-order valence-electron chi connectivity index (χ3n) is 3.53. The van der Waals surface area contributed by atoms with E-state index < -0.39 is 6.04 Å². The maximum Gasteiger partial charge on any atom is 0.237 e.